The van der Waals surface area contributed by atoms with Crippen molar-refractivity contribution < 1.29 is 19.2 Å². The lowest BCUT2D eigenvalue weighted by Gasteiger charge is -2.37. The van der Waals surface area contributed by atoms with Crippen LogP contribution >= 0.6 is 11.6 Å². The van der Waals surface area contributed by atoms with Crippen LogP contribution in [0.2, 0.25) is 5.02 Å². The van der Waals surface area contributed by atoms with E-state index >= 15 is 0 Å². The largest absolute Gasteiger partial charge is 0.396 e. The van der Waals surface area contributed by atoms with E-state index < -0.39 is 23.8 Å². The lowest BCUT2D eigenvalue weighted by atomic mass is 9.89. The number of nitrogen functional groups attached to an aromatic ring is 1. The van der Waals surface area contributed by atoms with Gasteiger partial charge >= 0.3 is 0 Å². The maximum atomic E-state index is 13.3. The van der Waals surface area contributed by atoms with E-state index in [0.29, 0.717) is 39.2 Å². The van der Waals surface area contributed by atoms with Crippen molar-refractivity contribution >= 4 is 58.0 Å². The molecular formula is C40H41ClN8O4. The number of carbonyl (C=O) groups excluding carboxylic acids is 4. The van der Waals surface area contributed by atoms with Crippen LogP contribution in [-0.4, -0.2) is 77.9 Å². The minimum Gasteiger partial charge on any atom is -0.396 e. The maximum absolute atomic E-state index is 13.3. The van der Waals surface area contributed by atoms with Gasteiger partial charge in [0.1, 0.15) is 17.8 Å². The number of nitriles is 1. The quantitative estimate of drug-likeness (QED) is 0.175. The Hall–Kier alpha value is -5.25. The fourth-order valence-corrected chi connectivity index (χ4v) is 9.16. The highest BCUT2D eigenvalue weighted by Crippen LogP contribution is 2.38. The zero-order valence-electron chi connectivity index (χ0n) is 29.4. The molecule has 8 rings (SSSR count). The predicted molar refractivity (Wildman–Crippen MR) is 201 cm³/mol. The van der Waals surface area contributed by atoms with E-state index in [9.17, 15) is 24.4 Å². The molecule has 2 atom stereocenters. The van der Waals surface area contributed by atoms with Crippen molar-refractivity contribution in [3.63, 3.8) is 0 Å². The normalized spacial score (nSPS) is 22.2. The van der Waals surface area contributed by atoms with Gasteiger partial charge in [-0.15, -0.1) is 0 Å². The zero-order valence-corrected chi connectivity index (χ0v) is 30.1. The van der Waals surface area contributed by atoms with Crippen LogP contribution in [0.4, 0.5) is 17.1 Å². The number of hydrogen-bond acceptors (Lipinski definition) is 10. The van der Waals surface area contributed by atoms with Crippen LogP contribution in [0.3, 0.4) is 0 Å². The molecule has 53 heavy (non-hydrogen) atoms. The highest BCUT2D eigenvalue weighted by molar-refractivity contribution is 6.36. The van der Waals surface area contributed by atoms with E-state index in [1.807, 2.05) is 24.3 Å². The van der Waals surface area contributed by atoms with Crippen LogP contribution in [0, 0.1) is 22.7 Å². The molecule has 0 aromatic heterocycles. The fraction of sp³-hybridized carbons (Fsp3) is 0.400. The highest BCUT2D eigenvalue weighted by atomic mass is 35.5. The predicted octanol–water partition coefficient (Wildman–Crippen LogP) is 4.83. The van der Waals surface area contributed by atoms with Crippen molar-refractivity contribution in [1.29, 1.82) is 10.7 Å². The average molecular weight is 733 g/mol. The maximum Gasteiger partial charge on any atom is 0.262 e. The molecule has 0 spiro atoms. The molecule has 0 saturated carbocycles. The molecular weight excluding hydrogens is 692 g/mol. The van der Waals surface area contributed by atoms with E-state index in [0.717, 1.165) is 93.2 Å². The summed E-state index contributed by atoms with van der Waals surface area (Å²) in [4.78, 5) is 58.8. The first-order chi connectivity index (χ1) is 25.6. The van der Waals surface area contributed by atoms with Crippen LogP contribution < -0.4 is 20.9 Å². The number of carbonyl (C=O) groups is 4. The average Bonchev–Trinajstić information content (AvgIpc) is 3.66. The number of nitrogens with one attached hydrogen (secondary N) is 2. The van der Waals surface area contributed by atoms with Gasteiger partial charge in [0.15, 0.2) is 0 Å². The number of amides is 4. The number of rotatable bonds is 7. The first kappa shape index (κ1) is 34.8. The summed E-state index contributed by atoms with van der Waals surface area (Å²) in [6, 6.07) is 17.1. The standard InChI is InChI=1S/C40H41ClN8O4/c41-31-7-8-33(37(44)36(31)32(43)18-42)48-13-1-2-25(22-48)24-3-5-28(6-4-24)47-14-11-23(12-15-47)19-46-20-26-16-29-30(17-27(26)21-46)40(53)49(39(29)52)34-9-10-35(50)45-38(34)51/h3-8,16-17,23,25,34,43H,1-2,9-15,19-22,44H2,(H,45,50,51)/t25-,34?/m1/s1. The van der Waals surface area contributed by atoms with Gasteiger partial charge in [-0.3, -0.25) is 39.7 Å². The third-order valence-corrected chi connectivity index (χ3v) is 12.0. The van der Waals surface area contributed by atoms with E-state index in [2.05, 4.69) is 44.3 Å². The molecule has 4 amide bonds. The molecule has 0 aliphatic carbocycles. The molecule has 3 saturated heterocycles. The number of halogens is 1. The van der Waals surface area contributed by atoms with Crippen LogP contribution in [0.15, 0.2) is 48.5 Å². The number of imide groups is 2. The Morgan fingerprint density at radius 2 is 1.58 bits per heavy atom. The van der Waals surface area contributed by atoms with Gasteiger partial charge in [-0.25, -0.2) is 0 Å². The van der Waals surface area contributed by atoms with Crippen molar-refractivity contribution in [2.24, 2.45) is 5.92 Å². The molecule has 5 aliphatic rings. The number of nitrogens with zero attached hydrogens (tertiary/aromatic N) is 5. The minimum atomic E-state index is -0.955. The van der Waals surface area contributed by atoms with Crippen LogP contribution in [0.1, 0.15) is 87.4 Å². The van der Waals surface area contributed by atoms with E-state index in [1.54, 1.807) is 6.07 Å². The van der Waals surface area contributed by atoms with Crippen LogP contribution in [0.5, 0.6) is 0 Å². The molecule has 13 heteroatoms. The number of nitrogens with two attached hydrogens (primary N) is 1. The third-order valence-electron chi connectivity index (χ3n) is 11.7. The van der Waals surface area contributed by atoms with E-state index in [-0.39, 0.29) is 24.5 Å². The number of benzene rings is 3. The smallest absolute Gasteiger partial charge is 0.262 e. The minimum absolute atomic E-state index is 0.102. The number of hydrogen-bond donors (Lipinski definition) is 3. The third kappa shape index (κ3) is 6.42. The number of fused-ring (bicyclic) bond motifs is 2. The number of piperidine rings is 3. The van der Waals surface area contributed by atoms with Gasteiger partial charge in [-0.1, -0.05) is 23.7 Å². The number of anilines is 3. The van der Waals surface area contributed by atoms with Gasteiger partial charge in [0.05, 0.1) is 33.1 Å². The van der Waals surface area contributed by atoms with E-state index in [1.165, 1.54) is 11.3 Å². The molecule has 5 heterocycles. The lowest BCUT2D eigenvalue weighted by Crippen LogP contribution is -2.54. The molecule has 4 N–H and O–H groups in total. The molecule has 3 aromatic carbocycles. The van der Waals surface area contributed by atoms with Gasteiger partial charge in [0.2, 0.25) is 11.8 Å². The van der Waals surface area contributed by atoms with Crippen molar-refractivity contribution in [3.05, 3.63) is 86.9 Å². The second-order valence-electron chi connectivity index (χ2n) is 14.9. The first-order valence-corrected chi connectivity index (χ1v) is 18.7. The van der Waals surface area contributed by atoms with Gasteiger partial charge in [-0.2, -0.15) is 5.26 Å². The molecule has 12 nitrogen and oxygen atoms in total. The van der Waals surface area contributed by atoms with Gasteiger partial charge in [0, 0.05) is 63.8 Å². The summed E-state index contributed by atoms with van der Waals surface area (Å²) in [6.45, 7) is 6.00. The highest BCUT2D eigenvalue weighted by Gasteiger charge is 2.45. The van der Waals surface area contributed by atoms with E-state index in [4.69, 9.17) is 22.7 Å². The van der Waals surface area contributed by atoms with Gasteiger partial charge in [-0.05, 0) is 91.1 Å². The summed E-state index contributed by atoms with van der Waals surface area (Å²) in [5.41, 5.74) is 13.0. The van der Waals surface area contributed by atoms with Gasteiger partial charge in [0.25, 0.3) is 11.8 Å². The molecule has 272 valence electrons. The summed E-state index contributed by atoms with van der Waals surface area (Å²) in [7, 11) is 0. The van der Waals surface area contributed by atoms with Crippen LogP contribution in [-0.2, 0) is 22.7 Å². The Morgan fingerprint density at radius 3 is 2.23 bits per heavy atom. The first-order valence-electron chi connectivity index (χ1n) is 18.4. The molecule has 1 unspecified atom stereocenters. The van der Waals surface area contributed by atoms with Gasteiger partial charge < -0.3 is 15.5 Å². The summed E-state index contributed by atoms with van der Waals surface area (Å²) in [5.74, 6) is -1.01. The summed E-state index contributed by atoms with van der Waals surface area (Å²) in [5, 5.41) is 19.9. The van der Waals surface area contributed by atoms with Crippen molar-refractivity contribution in [2.45, 2.75) is 63.6 Å². The lowest BCUT2D eigenvalue weighted by molar-refractivity contribution is -0.136. The molecule has 3 aromatic rings. The Balaban J connectivity index is 0.846. The SMILES string of the molecule is N#CC(=N)c1c(Cl)ccc(N2CCC[C@@H](c3ccc(N4CCC(CN5Cc6cc7c(cc6C5)C(=O)N(C5CCC(=O)NC5=O)C7=O)CC4)cc3)C2)c1N. The summed E-state index contributed by atoms with van der Waals surface area (Å²) >= 11 is 6.30. The molecule has 0 bridgehead atoms. The Labute approximate surface area is 313 Å². The molecule has 5 aliphatic heterocycles. The molecule has 3 fully saturated rings. The fourth-order valence-electron chi connectivity index (χ4n) is 8.90. The van der Waals surface area contributed by atoms with Crippen LogP contribution in [0.25, 0.3) is 0 Å². The summed E-state index contributed by atoms with van der Waals surface area (Å²) in [6.07, 6.45) is 4.49. The second kappa shape index (κ2) is 14.0. The second-order valence-corrected chi connectivity index (χ2v) is 15.3. The topological polar surface area (TPSA) is 167 Å². The monoisotopic (exact) mass is 732 g/mol. The Kier molecular flexibility index (Phi) is 9.16. The van der Waals surface area contributed by atoms with Crippen molar-refractivity contribution in [2.75, 3.05) is 48.3 Å². The Bertz CT molecular complexity index is 2040. The van der Waals surface area contributed by atoms with Crippen molar-refractivity contribution in [3.8, 4) is 6.07 Å². The zero-order chi connectivity index (χ0) is 37.0. The summed E-state index contributed by atoms with van der Waals surface area (Å²) < 4.78 is 0. The van der Waals surface area contributed by atoms with Crippen molar-refractivity contribution in [1.82, 2.24) is 15.1 Å². The molecule has 0 radical (unpaired) electrons. The Morgan fingerprint density at radius 1 is 0.906 bits per heavy atom.